The Morgan fingerprint density at radius 2 is 1.90 bits per heavy atom. The van der Waals surface area contributed by atoms with E-state index >= 15 is 0 Å². The van der Waals surface area contributed by atoms with E-state index in [9.17, 15) is 0 Å². The van der Waals surface area contributed by atoms with E-state index in [0.717, 1.165) is 23.4 Å². The number of benzene rings is 1. The second-order valence-corrected chi connectivity index (χ2v) is 6.51. The fourth-order valence-corrected chi connectivity index (χ4v) is 3.15. The molecule has 0 fully saturated rings. The largest absolute Gasteiger partial charge is 0.327 e. The molecule has 2 rings (SSSR count). The third-order valence-corrected chi connectivity index (χ3v) is 4.42. The third-order valence-electron chi connectivity index (χ3n) is 4.18. The topological polar surface area (TPSA) is 41.6 Å². The summed E-state index contributed by atoms with van der Waals surface area (Å²) in [7, 11) is 0. The SMILES string of the molecule is CC(C)C(Cn1c(CCl)nc2ccc(C#N)cc21)C(C)C. The van der Waals surface area contributed by atoms with E-state index < -0.39 is 0 Å². The number of imidazole rings is 1. The van der Waals surface area contributed by atoms with Crippen molar-refractivity contribution in [2.45, 2.75) is 40.1 Å². The van der Waals surface area contributed by atoms with Crippen molar-refractivity contribution in [2.75, 3.05) is 0 Å². The van der Waals surface area contributed by atoms with Crippen LogP contribution in [0.5, 0.6) is 0 Å². The van der Waals surface area contributed by atoms with Crippen LogP contribution in [-0.2, 0) is 12.4 Å². The summed E-state index contributed by atoms with van der Waals surface area (Å²) in [5.74, 6) is 3.00. The van der Waals surface area contributed by atoms with Gasteiger partial charge in [0.25, 0.3) is 0 Å². The summed E-state index contributed by atoms with van der Waals surface area (Å²) in [6.45, 7) is 9.91. The van der Waals surface area contributed by atoms with Crippen LogP contribution in [0.1, 0.15) is 39.1 Å². The average Bonchev–Trinajstić information content (AvgIpc) is 2.80. The lowest BCUT2D eigenvalue weighted by atomic mass is 9.85. The number of halogens is 1. The average molecular weight is 304 g/mol. The van der Waals surface area contributed by atoms with Gasteiger partial charge in [-0.1, -0.05) is 27.7 Å². The Hall–Kier alpha value is -1.53. The molecule has 0 aliphatic rings. The maximum Gasteiger partial charge on any atom is 0.124 e. The first-order valence-electron chi connectivity index (χ1n) is 7.43. The number of alkyl halides is 1. The molecule has 0 spiro atoms. The Labute approximate surface area is 131 Å². The first-order chi connectivity index (χ1) is 9.97. The predicted molar refractivity (Wildman–Crippen MR) is 87.2 cm³/mol. The highest BCUT2D eigenvalue weighted by Crippen LogP contribution is 2.27. The van der Waals surface area contributed by atoms with E-state index in [2.05, 4.69) is 43.3 Å². The number of nitrogens with zero attached hydrogens (tertiary/aromatic N) is 3. The Bertz CT molecular complexity index is 656. The van der Waals surface area contributed by atoms with Gasteiger partial charge in [-0.2, -0.15) is 5.26 Å². The molecule has 0 aliphatic heterocycles. The molecule has 112 valence electrons. The van der Waals surface area contributed by atoms with Gasteiger partial charge in [-0.15, -0.1) is 11.6 Å². The Morgan fingerprint density at radius 1 is 1.24 bits per heavy atom. The maximum absolute atomic E-state index is 9.10. The minimum absolute atomic E-state index is 0.388. The molecule has 0 aliphatic carbocycles. The van der Waals surface area contributed by atoms with Crippen LogP contribution in [0.2, 0.25) is 0 Å². The van der Waals surface area contributed by atoms with Crippen molar-refractivity contribution < 1.29 is 0 Å². The zero-order valence-corrected chi connectivity index (χ0v) is 13.9. The normalized spacial score (nSPS) is 11.8. The van der Waals surface area contributed by atoms with Crippen molar-refractivity contribution in [1.82, 2.24) is 9.55 Å². The van der Waals surface area contributed by atoms with Crippen molar-refractivity contribution in [1.29, 1.82) is 5.26 Å². The second kappa shape index (κ2) is 6.49. The Balaban J connectivity index is 2.52. The van der Waals surface area contributed by atoms with Crippen LogP contribution in [0.15, 0.2) is 18.2 Å². The number of hydrogen-bond donors (Lipinski definition) is 0. The fraction of sp³-hybridized carbons (Fsp3) is 0.529. The van der Waals surface area contributed by atoms with E-state index in [1.165, 1.54) is 0 Å². The maximum atomic E-state index is 9.10. The van der Waals surface area contributed by atoms with Gasteiger partial charge in [-0.05, 0) is 36.0 Å². The van der Waals surface area contributed by atoms with Gasteiger partial charge in [0.15, 0.2) is 0 Å². The van der Waals surface area contributed by atoms with Crippen LogP contribution in [0.3, 0.4) is 0 Å². The molecule has 0 N–H and O–H groups in total. The monoisotopic (exact) mass is 303 g/mol. The smallest absolute Gasteiger partial charge is 0.124 e. The summed E-state index contributed by atoms with van der Waals surface area (Å²) in [6, 6.07) is 7.82. The zero-order valence-electron chi connectivity index (χ0n) is 13.1. The van der Waals surface area contributed by atoms with Crippen molar-refractivity contribution >= 4 is 22.6 Å². The minimum Gasteiger partial charge on any atom is -0.327 e. The molecule has 1 aromatic carbocycles. The van der Waals surface area contributed by atoms with Gasteiger partial charge in [0, 0.05) is 6.54 Å². The second-order valence-electron chi connectivity index (χ2n) is 6.24. The summed E-state index contributed by atoms with van der Waals surface area (Å²) in [6.07, 6.45) is 0. The highest BCUT2D eigenvalue weighted by atomic mass is 35.5. The van der Waals surface area contributed by atoms with E-state index in [0.29, 0.717) is 29.2 Å². The van der Waals surface area contributed by atoms with Crippen molar-refractivity contribution in [3.63, 3.8) is 0 Å². The van der Waals surface area contributed by atoms with E-state index in [-0.39, 0.29) is 0 Å². The summed E-state index contributed by atoms with van der Waals surface area (Å²) < 4.78 is 2.19. The molecule has 3 nitrogen and oxygen atoms in total. The van der Waals surface area contributed by atoms with Crippen molar-refractivity contribution in [3.8, 4) is 6.07 Å². The summed E-state index contributed by atoms with van der Waals surface area (Å²) >= 11 is 6.07. The molecule has 0 saturated carbocycles. The van der Waals surface area contributed by atoms with Crippen LogP contribution in [0, 0.1) is 29.1 Å². The minimum atomic E-state index is 0.388. The molecule has 0 bridgehead atoms. The Kier molecular flexibility index (Phi) is 4.90. The number of hydrogen-bond acceptors (Lipinski definition) is 2. The van der Waals surface area contributed by atoms with Gasteiger partial charge in [-0.3, -0.25) is 0 Å². The molecule has 2 aromatic rings. The highest BCUT2D eigenvalue weighted by Gasteiger charge is 2.21. The molecule has 4 heteroatoms. The predicted octanol–water partition coefficient (Wildman–Crippen LogP) is 4.57. The first kappa shape index (κ1) is 15.9. The molecular weight excluding hydrogens is 282 g/mol. The van der Waals surface area contributed by atoms with E-state index in [1.54, 1.807) is 6.07 Å². The van der Waals surface area contributed by atoms with Gasteiger partial charge in [0.1, 0.15) is 5.82 Å². The molecule has 21 heavy (non-hydrogen) atoms. The Morgan fingerprint density at radius 3 is 2.43 bits per heavy atom. The lowest BCUT2D eigenvalue weighted by molar-refractivity contribution is 0.252. The third kappa shape index (κ3) is 3.22. The molecule has 1 aromatic heterocycles. The number of rotatable bonds is 5. The number of aromatic nitrogens is 2. The van der Waals surface area contributed by atoms with Gasteiger partial charge < -0.3 is 4.57 Å². The molecule has 0 amide bonds. The zero-order chi connectivity index (χ0) is 15.6. The quantitative estimate of drug-likeness (QED) is 0.759. The molecule has 1 heterocycles. The summed E-state index contributed by atoms with van der Waals surface area (Å²) in [5.41, 5.74) is 2.59. The van der Waals surface area contributed by atoms with Crippen LogP contribution >= 0.6 is 11.6 Å². The van der Waals surface area contributed by atoms with Crippen LogP contribution in [-0.4, -0.2) is 9.55 Å². The standard InChI is InChI=1S/C17H22ClN3/c1-11(2)14(12(3)4)10-21-16-7-13(9-19)5-6-15(16)20-17(21)8-18/h5-7,11-12,14H,8,10H2,1-4H3. The summed E-state index contributed by atoms with van der Waals surface area (Å²) in [5, 5.41) is 9.10. The van der Waals surface area contributed by atoms with E-state index in [4.69, 9.17) is 16.9 Å². The highest BCUT2D eigenvalue weighted by molar-refractivity contribution is 6.16. The molecule has 0 unspecified atom stereocenters. The number of fused-ring (bicyclic) bond motifs is 1. The lowest BCUT2D eigenvalue weighted by Crippen LogP contribution is -2.22. The van der Waals surface area contributed by atoms with Crippen molar-refractivity contribution in [2.24, 2.45) is 17.8 Å². The van der Waals surface area contributed by atoms with Crippen molar-refractivity contribution in [3.05, 3.63) is 29.6 Å². The first-order valence-corrected chi connectivity index (χ1v) is 7.96. The number of nitriles is 1. The fourth-order valence-electron chi connectivity index (χ4n) is 2.95. The lowest BCUT2D eigenvalue weighted by Gasteiger charge is -2.26. The van der Waals surface area contributed by atoms with Crippen LogP contribution in [0.4, 0.5) is 0 Å². The van der Waals surface area contributed by atoms with Crippen LogP contribution < -0.4 is 0 Å². The molecular formula is C17H22ClN3. The van der Waals surface area contributed by atoms with Gasteiger partial charge in [-0.25, -0.2) is 4.98 Å². The molecule has 0 atom stereocenters. The summed E-state index contributed by atoms with van der Waals surface area (Å²) in [4.78, 5) is 4.60. The molecule has 0 saturated heterocycles. The van der Waals surface area contributed by atoms with Gasteiger partial charge in [0.2, 0.25) is 0 Å². The van der Waals surface area contributed by atoms with Gasteiger partial charge >= 0.3 is 0 Å². The van der Waals surface area contributed by atoms with E-state index in [1.807, 2.05) is 12.1 Å². The van der Waals surface area contributed by atoms with Gasteiger partial charge in [0.05, 0.1) is 28.5 Å². The van der Waals surface area contributed by atoms with Crippen LogP contribution in [0.25, 0.3) is 11.0 Å². The molecule has 0 radical (unpaired) electrons.